The summed E-state index contributed by atoms with van der Waals surface area (Å²) in [4.78, 5) is 49.8. The maximum atomic E-state index is 12.7. The van der Waals surface area contributed by atoms with Gasteiger partial charge in [0, 0.05) is 5.69 Å². The van der Waals surface area contributed by atoms with Gasteiger partial charge in [-0.05, 0) is 36.5 Å². The Labute approximate surface area is 168 Å². The largest absolute Gasteiger partial charge is 0.454 e. The second-order valence-electron chi connectivity index (χ2n) is 7.55. The number of nitrogens with one attached hydrogen (secondary N) is 1. The summed E-state index contributed by atoms with van der Waals surface area (Å²) >= 11 is 0. The van der Waals surface area contributed by atoms with Gasteiger partial charge in [-0.15, -0.1) is 0 Å². The van der Waals surface area contributed by atoms with E-state index in [0.29, 0.717) is 0 Å². The third-order valence-corrected chi connectivity index (χ3v) is 5.69. The highest BCUT2D eigenvalue weighted by Gasteiger charge is 2.59. The summed E-state index contributed by atoms with van der Waals surface area (Å²) in [6.07, 6.45) is 0.0595. The normalized spacial score (nSPS) is 26.8. The van der Waals surface area contributed by atoms with E-state index in [1.807, 2.05) is 12.2 Å². The van der Waals surface area contributed by atoms with Gasteiger partial charge in [-0.1, -0.05) is 18.2 Å². The number of halogens is 3. The molecule has 2 bridgehead atoms. The number of allylic oxidation sites excluding steroid dienone is 2. The van der Waals surface area contributed by atoms with Crippen molar-refractivity contribution >= 4 is 29.4 Å². The zero-order chi connectivity index (χ0) is 21.6. The molecular weight excluding hydrogens is 405 g/mol. The summed E-state index contributed by atoms with van der Waals surface area (Å²) in [5.41, 5.74) is -1.04. The van der Waals surface area contributed by atoms with Crippen LogP contribution in [0, 0.1) is 23.7 Å². The van der Waals surface area contributed by atoms with Gasteiger partial charge in [0.1, 0.15) is 6.54 Å². The lowest BCUT2D eigenvalue weighted by atomic mass is 9.85. The molecule has 3 amide bonds. The number of likely N-dealkylation sites (tertiary alicyclic amines) is 1. The molecule has 1 N–H and O–H groups in total. The van der Waals surface area contributed by atoms with Crippen LogP contribution >= 0.6 is 0 Å². The summed E-state index contributed by atoms with van der Waals surface area (Å²) in [6, 6.07) is 4.00. The smallest absolute Gasteiger partial charge is 0.416 e. The molecule has 2 fully saturated rings. The van der Waals surface area contributed by atoms with Gasteiger partial charge in [-0.3, -0.25) is 24.1 Å². The molecule has 1 saturated carbocycles. The molecule has 0 aromatic heterocycles. The molecule has 4 atom stereocenters. The van der Waals surface area contributed by atoms with Gasteiger partial charge in [0.25, 0.3) is 5.91 Å². The highest BCUT2D eigenvalue weighted by molar-refractivity contribution is 6.08. The van der Waals surface area contributed by atoms with Crippen molar-refractivity contribution in [1.82, 2.24) is 4.90 Å². The third-order valence-electron chi connectivity index (χ3n) is 5.69. The van der Waals surface area contributed by atoms with E-state index in [9.17, 15) is 32.3 Å². The maximum absolute atomic E-state index is 12.7. The number of amides is 3. The van der Waals surface area contributed by atoms with Gasteiger partial charge in [-0.2, -0.15) is 13.2 Å². The minimum absolute atomic E-state index is 0.00992. The molecule has 2 aliphatic carbocycles. The average Bonchev–Trinajstić information content (AvgIpc) is 3.36. The lowest BCUT2D eigenvalue weighted by Gasteiger charge is -2.16. The van der Waals surface area contributed by atoms with Gasteiger partial charge < -0.3 is 10.1 Å². The summed E-state index contributed by atoms with van der Waals surface area (Å²) < 4.78 is 42.9. The van der Waals surface area contributed by atoms with E-state index < -0.39 is 60.4 Å². The van der Waals surface area contributed by atoms with Crippen molar-refractivity contribution < 1.29 is 37.1 Å². The summed E-state index contributed by atoms with van der Waals surface area (Å²) in [6.45, 7) is -1.36. The standard InChI is InChI=1S/C20H17F3N2O5/c21-20(22,23)12-2-1-3-13(7-12)24-14(26)9-30-15(27)8-25-18(28)16-10-4-5-11(6-10)17(16)19(25)29/h1-5,7,10-11,16-17H,6,8-9H2,(H,24,26). The number of benzene rings is 1. The highest BCUT2D eigenvalue weighted by atomic mass is 19.4. The van der Waals surface area contributed by atoms with E-state index in [0.717, 1.165) is 29.5 Å². The first-order chi connectivity index (χ1) is 14.1. The Morgan fingerprint density at radius 1 is 1.10 bits per heavy atom. The Kier molecular flexibility index (Phi) is 4.87. The van der Waals surface area contributed by atoms with E-state index >= 15 is 0 Å². The molecule has 1 saturated heterocycles. The molecule has 7 nitrogen and oxygen atoms in total. The summed E-state index contributed by atoms with van der Waals surface area (Å²) in [5.74, 6) is -3.48. The second kappa shape index (κ2) is 7.26. The fourth-order valence-electron chi connectivity index (χ4n) is 4.41. The number of alkyl halides is 3. The Bertz CT molecular complexity index is 928. The lowest BCUT2D eigenvalue weighted by Crippen LogP contribution is -2.38. The van der Waals surface area contributed by atoms with Crippen LogP contribution in [-0.4, -0.2) is 41.7 Å². The van der Waals surface area contributed by atoms with Gasteiger partial charge in [0.05, 0.1) is 17.4 Å². The van der Waals surface area contributed by atoms with Crippen molar-refractivity contribution in [2.24, 2.45) is 23.7 Å². The Morgan fingerprint density at radius 3 is 2.33 bits per heavy atom. The van der Waals surface area contributed by atoms with Crippen LogP contribution in [0.2, 0.25) is 0 Å². The first-order valence-electron chi connectivity index (χ1n) is 9.31. The molecule has 10 heteroatoms. The predicted octanol–water partition coefficient (Wildman–Crippen LogP) is 1.99. The van der Waals surface area contributed by atoms with Crippen molar-refractivity contribution in [3.63, 3.8) is 0 Å². The number of fused-ring (bicyclic) bond motifs is 5. The summed E-state index contributed by atoms with van der Waals surface area (Å²) in [5, 5.41) is 2.20. The van der Waals surface area contributed by atoms with Crippen molar-refractivity contribution in [2.45, 2.75) is 12.6 Å². The van der Waals surface area contributed by atoms with Crippen molar-refractivity contribution in [2.75, 3.05) is 18.5 Å². The summed E-state index contributed by atoms with van der Waals surface area (Å²) in [7, 11) is 0. The average molecular weight is 422 g/mol. The predicted molar refractivity (Wildman–Crippen MR) is 95.5 cm³/mol. The molecule has 4 unspecified atom stereocenters. The van der Waals surface area contributed by atoms with Gasteiger partial charge in [-0.25, -0.2) is 0 Å². The fraction of sp³-hybridized carbons (Fsp3) is 0.400. The van der Waals surface area contributed by atoms with Gasteiger partial charge in [0.2, 0.25) is 11.8 Å². The van der Waals surface area contributed by atoms with E-state index in [-0.39, 0.29) is 17.5 Å². The van der Waals surface area contributed by atoms with Crippen molar-refractivity contribution in [3.8, 4) is 0 Å². The number of nitrogens with zero attached hydrogens (tertiary/aromatic N) is 1. The van der Waals surface area contributed by atoms with E-state index in [4.69, 9.17) is 4.74 Å². The van der Waals surface area contributed by atoms with Gasteiger partial charge in [0.15, 0.2) is 6.61 Å². The van der Waals surface area contributed by atoms with Crippen LogP contribution in [-0.2, 0) is 30.1 Å². The van der Waals surface area contributed by atoms with Gasteiger partial charge >= 0.3 is 12.1 Å². The van der Waals surface area contributed by atoms with Crippen molar-refractivity contribution in [3.05, 3.63) is 42.0 Å². The van der Waals surface area contributed by atoms with Crippen LogP contribution in [0.15, 0.2) is 36.4 Å². The molecule has 1 aliphatic heterocycles. The molecule has 0 spiro atoms. The third kappa shape index (κ3) is 3.57. The number of ether oxygens (including phenoxy) is 1. The van der Waals surface area contributed by atoms with Crippen LogP contribution in [0.4, 0.5) is 18.9 Å². The van der Waals surface area contributed by atoms with E-state index in [2.05, 4.69) is 5.32 Å². The Balaban J connectivity index is 1.29. The number of hydrogen-bond acceptors (Lipinski definition) is 5. The number of anilines is 1. The molecule has 0 radical (unpaired) electrons. The zero-order valence-electron chi connectivity index (χ0n) is 15.5. The first-order valence-corrected chi connectivity index (χ1v) is 9.31. The SMILES string of the molecule is O=C(COC(=O)CN1C(=O)C2C3C=CC(C3)C2C1=O)Nc1cccc(C(F)(F)F)c1. The number of rotatable bonds is 5. The zero-order valence-corrected chi connectivity index (χ0v) is 15.5. The topological polar surface area (TPSA) is 92.8 Å². The number of carbonyl (C=O) groups excluding carboxylic acids is 4. The molecule has 1 heterocycles. The molecule has 30 heavy (non-hydrogen) atoms. The Morgan fingerprint density at radius 2 is 1.73 bits per heavy atom. The quantitative estimate of drug-likeness (QED) is 0.445. The molecule has 3 aliphatic rings. The second-order valence-corrected chi connectivity index (χ2v) is 7.55. The molecule has 1 aromatic carbocycles. The number of imide groups is 1. The van der Waals surface area contributed by atoms with E-state index in [1.165, 1.54) is 6.07 Å². The van der Waals surface area contributed by atoms with Crippen LogP contribution < -0.4 is 5.32 Å². The highest BCUT2D eigenvalue weighted by Crippen LogP contribution is 2.52. The fourth-order valence-corrected chi connectivity index (χ4v) is 4.41. The number of carbonyl (C=O) groups is 4. The number of hydrogen-bond donors (Lipinski definition) is 1. The maximum Gasteiger partial charge on any atom is 0.416 e. The molecule has 1 aromatic rings. The van der Waals surface area contributed by atoms with Crippen LogP contribution in [0.5, 0.6) is 0 Å². The molecule has 158 valence electrons. The monoisotopic (exact) mass is 422 g/mol. The first kappa shape index (κ1) is 20.1. The van der Waals surface area contributed by atoms with Crippen LogP contribution in [0.25, 0.3) is 0 Å². The Hall–Kier alpha value is -3.17. The minimum atomic E-state index is -4.56. The van der Waals surface area contributed by atoms with E-state index in [1.54, 1.807) is 0 Å². The van der Waals surface area contributed by atoms with Crippen molar-refractivity contribution in [1.29, 1.82) is 0 Å². The molecular formula is C20H17F3N2O5. The van der Waals surface area contributed by atoms with Crippen LogP contribution in [0.3, 0.4) is 0 Å². The van der Waals surface area contributed by atoms with Crippen LogP contribution in [0.1, 0.15) is 12.0 Å². The minimum Gasteiger partial charge on any atom is -0.454 e. The molecule has 4 rings (SSSR count). The number of esters is 1. The lowest BCUT2D eigenvalue weighted by molar-refractivity contribution is -0.154.